The number of hydrogen-bond donors (Lipinski definition) is 2. The van der Waals surface area contributed by atoms with E-state index in [4.69, 9.17) is 21.4 Å². The third-order valence-corrected chi connectivity index (χ3v) is 2.68. The van der Waals surface area contributed by atoms with E-state index in [0.29, 0.717) is 22.2 Å². The zero-order chi connectivity index (χ0) is 13.1. The Morgan fingerprint density at radius 3 is 2.72 bits per heavy atom. The van der Waals surface area contributed by atoms with Crippen molar-refractivity contribution < 1.29 is 14.6 Å². The van der Waals surface area contributed by atoms with E-state index in [1.165, 1.54) is 0 Å². The second kappa shape index (κ2) is 5.10. The van der Waals surface area contributed by atoms with Crippen LogP contribution in [0.15, 0.2) is 24.3 Å². The molecule has 0 bridgehead atoms. The maximum atomic E-state index is 11.0. The number of aromatic nitrogens is 2. The number of hydrogen-bond acceptors (Lipinski definition) is 3. The highest BCUT2D eigenvalue weighted by Crippen LogP contribution is 2.18. The molecule has 0 fully saturated rings. The number of H-pyrrole nitrogens is 1. The molecular weight excluding hydrogens is 256 g/mol. The molecule has 6 heteroatoms. The van der Waals surface area contributed by atoms with Gasteiger partial charge in [-0.25, -0.2) is 4.79 Å². The highest BCUT2D eigenvalue weighted by atomic mass is 35.5. The zero-order valence-corrected chi connectivity index (χ0v) is 10.4. The smallest absolute Gasteiger partial charge is 0.339 e. The summed E-state index contributed by atoms with van der Waals surface area (Å²) in [7, 11) is 0. The normalized spacial score (nSPS) is 10.3. The zero-order valence-electron chi connectivity index (χ0n) is 9.61. The van der Waals surface area contributed by atoms with Crippen LogP contribution in [0.1, 0.15) is 21.7 Å². The van der Waals surface area contributed by atoms with Crippen molar-refractivity contribution >= 4 is 17.6 Å². The summed E-state index contributed by atoms with van der Waals surface area (Å²) in [6, 6.07) is 6.82. The largest absolute Gasteiger partial charge is 0.487 e. The molecule has 18 heavy (non-hydrogen) atoms. The lowest BCUT2D eigenvalue weighted by molar-refractivity contribution is 0.0693. The van der Waals surface area contributed by atoms with E-state index >= 15 is 0 Å². The quantitative estimate of drug-likeness (QED) is 0.892. The van der Waals surface area contributed by atoms with Gasteiger partial charge in [0.05, 0.1) is 0 Å². The maximum absolute atomic E-state index is 11.0. The van der Waals surface area contributed by atoms with Crippen LogP contribution < -0.4 is 4.74 Å². The first-order chi connectivity index (χ1) is 8.58. The second-order valence-electron chi connectivity index (χ2n) is 3.72. The van der Waals surface area contributed by atoms with Crippen LogP contribution in [0.25, 0.3) is 0 Å². The fourth-order valence-electron chi connectivity index (χ4n) is 1.55. The molecule has 2 rings (SSSR count). The van der Waals surface area contributed by atoms with Crippen LogP contribution in [0, 0.1) is 6.92 Å². The predicted molar refractivity (Wildman–Crippen MR) is 66.1 cm³/mol. The van der Waals surface area contributed by atoms with E-state index in [0.717, 1.165) is 0 Å². The number of nitrogens with zero attached hydrogens (tertiary/aromatic N) is 1. The van der Waals surface area contributed by atoms with Gasteiger partial charge >= 0.3 is 5.97 Å². The summed E-state index contributed by atoms with van der Waals surface area (Å²) in [6.07, 6.45) is 0. The molecule has 0 radical (unpaired) electrons. The number of carbonyl (C=O) groups is 1. The summed E-state index contributed by atoms with van der Waals surface area (Å²) in [6.45, 7) is 1.75. The van der Waals surface area contributed by atoms with Crippen LogP contribution in [0.3, 0.4) is 0 Å². The first-order valence-electron chi connectivity index (χ1n) is 5.23. The molecule has 1 aromatic heterocycles. The minimum atomic E-state index is -1.02. The topological polar surface area (TPSA) is 75.2 Å². The molecule has 0 saturated carbocycles. The van der Waals surface area contributed by atoms with Gasteiger partial charge in [-0.3, -0.25) is 5.10 Å². The van der Waals surface area contributed by atoms with Gasteiger partial charge in [-0.2, -0.15) is 5.10 Å². The number of ether oxygens (including phenoxy) is 1. The van der Waals surface area contributed by atoms with Crippen molar-refractivity contribution in [3.05, 3.63) is 46.2 Å². The third kappa shape index (κ3) is 2.62. The molecule has 0 spiro atoms. The Bertz CT molecular complexity index is 563. The summed E-state index contributed by atoms with van der Waals surface area (Å²) in [4.78, 5) is 11.0. The standard InChI is InChI=1S/C12H11ClN2O3/c1-7-11(12(16)17)10(15-14-7)6-18-9-4-2-8(13)3-5-9/h2-5H,6H2,1H3,(H,14,15)(H,16,17). The van der Waals surface area contributed by atoms with Crippen LogP contribution in [-0.2, 0) is 6.61 Å². The van der Waals surface area contributed by atoms with Crippen molar-refractivity contribution in [1.82, 2.24) is 10.2 Å². The molecule has 0 saturated heterocycles. The number of aryl methyl sites for hydroxylation is 1. The van der Waals surface area contributed by atoms with Crippen molar-refractivity contribution in [2.75, 3.05) is 0 Å². The number of nitrogens with one attached hydrogen (secondary N) is 1. The summed E-state index contributed by atoms with van der Waals surface area (Å²) >= 11 is 5.75. The van der Waals surface area contributed by atoms with Gasteiger partial charge in [0.2, 0.25) is 0 Å². The highest BCUT2D eigenvalue weighted by Gasteiger charge is 2.17. The van der Waals surface area contributed by atoms with Crippen molar-refractivity contribution in [2.45, 2.75) is 13.5 Å². The number of aromatic carboxylic acids is 1. The van der Waals surface area contributed by atoms with E-state index in [-0.39, 0.29) is 12.2 Å². The monoisotopic (exact) mass is 266 g/mol. The average molecular weight is 267 g/mol. The fraction of sp³-hybridized carbons (Fsp3) is 0.167. The molecular formula is C12H11ClN2O3. The molecule has 94 valence electrons. The Hall–Kier alpha value is -2.01. The minimum absolute atomic E-state index is 0.0909. The fourth-order valence-corrected chi connectivity index (χ4v) is 1.68. The van der Waals surface area contributed by atoms with Gasteiger partial charge in [0.15, 0.2) is 0 Å². The van der Waals surface area contributed by atoms with E-state index in [2.05, 4.69) is 10.2 Å². The molecule has 2 N–H and O–H groups in total. The van der Waals surface area contributed by atoms with E-state index in [9.17, 15) is 4.79 Å². The number of carboxylic acids is 1. The molecule has 0 aliphatic heterocycles. The van der Waals surface area contributed by atoms with E-state index in [1.54, 1.807) is 31.2 Å². The van der Waals surface area contributed by atoms with Crippen LogP contribution in [0.5, 0.6) is 5.75 Å². The molecule has 0 aliphatic rings. The number of carboxylic acid groups (broad SMARTS) is 1. The van der Waals surface area contributed by atoms with E-state index < -0.39 is 5.97 Å². The van der Waals surface area contributed by atoms with Crippen LogP contribution in [-0.4, -0.2) is 21.3 Å². The van der Waals surface area contributed by atoms with Gasteiger partial charge in [-0.05, 0) is 31.2 Å². The molecule has 1 aromatic carbocycles. The Kier molecular flexibility index (Phi) is 3.53. The molecule has 0 atom stereocenters. The van der Waals surface area contributed by atoms with Gasteiger partial charge in [-0.15, -0.1) is 0 Å². The SMILES string of the molecule is Cc1[nH]nc(COc2ccc(Cl)cc2)c1C(=O)O. The van der Waals surface area contributed by atoms with Crippen molar-refractivity contribution in [2.24, 2.45) is 0 Å². The Morgan fingerprint density at radius 2 is 2.11 bits per heavy atom. The van der Waals surface area contributed by atoms with Gasteiger partial charge in [0.25, 0.3) is 0 Å². The lowest BCUT2D eigenvalue weighted by Gasteiger charge is -2.04. The predicted octanol–water partition coefficient (Wildman–Crippen LogP) is 2.65. The highest BCUT2D eigenvalue weighted by molar-refractivity contribution is 6.30. The molecule has 0 aliphatic carbocycles. The summed E-state index contributed by atoms with van der Waals surface area (Å²) in [5, 5.41) is 16.2. The molecule has 0 amide bonds. The molecule has 2 aromatic rings. The molecule has 5 nitrogen and oxygen atoms in total. The second-order valence-corrected chi connectivity index (χ2v) is 4.15. The van der Waals surface area contributed by atoms with Crippen LogP contribution >= 0.6 is 11.6 Å². The van der Waals surface area contributed by atoms with E-state index in [1.807, 2.05) is 0 Å². The lowest BCUT2D eigenvalue weighted by atomic mass is 10.2. The first kappa shape index (κ1) is 12.4. The van der Waals surface area contributed by atoms with Crippen molar-refractivity contribution in [3.63, 3.8) is 0 Å². The Morgan fingerprint density at radius 1 is 1.44 bits per heavy atom. The summed E-state index contributed by atoms with van der Waals surface area (Å²) in [5.41, 5.74) is 1.04. The summed E-state index contributed by atoms with van der Waals surface area (Å²) in [5.74, 6) is -0.410. The van der Waals surface area contributed by atoms with Crippen LogP contribution in [0.4, 0.5) is 0 Å². The minimum Gasteiger partial charge on any atom is -0.487 e. The number of rotatable bonds is 4. The van der Waals surface area contributed by atoms with Gasteiger partial charge < -0.3 is 9.84 Å². The van der Waals surface area contributed by atoms with Gasteiger partial charge in [-0.1, -0.05) is 11.6 Å². The third-order valence-electron chi connectivity index (χ3n) is 2.43. The molecule has 0 unspecified atom stereocenters. The van der Waals surface area contributed by atoms with Crippen molar-refractivity contribution in [1.29, 1.82) is 0 Å². The maximum Gasteiger partial charge on any atom is 0.339 e. The van der Waals surface area contributed by atoms with Gasteiger partial charge in [0, 0.05) is 10.7 Å². The first-order valence-corrected chi connectivity index (χ1v) is 5.61. The number of halogens is 1. The summed E-state index contributed by atoms with van der Waals surface area (Å²) < 4.78 is 5.45. The van der Waals surface area contributed by atoms with Gasteiger partial charge in [0.1, 0.15) is 23.6 Å². The number of aromatic amines is 1. The lowest BCUT2D eigenvalue weighted by Crippen LogP contribution is -2.05. The average Bonchev–Trinajstić information content (AvgIpc) is 2.70. The molecule has 1 heterocycles. The van der Waals surface area contributed by atoms with Crippen molar-refractivity contribution in [3.8, 4) is 5.75 Å². The Labute approximate surface area is 108 Å². The number of benzene rings is 1. The van der Waals surface area contributed by atoms with Crippen LogP contribution in [0.2, 0.25) is 5.02 Å². The Balaban J connectivity index is 2.11.